The lowest BCUT2D eigenvalue weighted by Gasteiger charge is -2.70. The molecule has 9 nitrogen and oxygen atoms in total. The minimum absolute atomic E-state index is 0.00434. The Balaban J connectivity index is 1.88. The molecule has 46 heavy (non-hydrogen) atoms. The average Bonchev–Trinajstić information content (AvgIpc) is 3.23. The molecular formula is C37H60O9. The van der Waals surface area contributed by atoms with Crippen LogP contribution in [0.25, 0.3) is 0 Å². The van der Waals surface area contributed by atoms with E-state index >= 15 is 0 Å². The van der Waals surface area contributed by atoms with E-state index in [1.807, 2.05) is 6.92 Å². The SMILES string of the molecule is COCC(C)(C)C(=O)OC1C2C(C)C(O)CCC2(C)C2CCC3/C(=C(\CCCC(C)C)C(=O)O)C(OC(C)=O)CC3(C)C2(C)C1O. The number of aliphatic hydroxyl groups excluding tert-OH is 2. The highest BCUT2D eigenvalue weighted by Crippen LogP contribution is 2.74. The second kappa shape index (κ2) is 13.1. The fraction of sp³-hybridized carbons (Fsp3) is 0.865. The highest BCUT2D eigenvalue weighted by molar-refractivity contribution is 5.88. The molecule has 0 heterocycles. The van der Waals surface area contributed by atoms with Gasteiger partial charge < -0.3 is 29.5 Å². The molecule has 4 aliphatic rings. The summed E-state index contributed by atoms with van der Waals surface area (Å²) < 4.78 is 17.7. The minimum atomic E-state index is -1.09. The first-order chi connectivity index (χ1) is 21.3. The summed E-state index contributed by atoms with van der Waals surface area (Å²) in [6.07, 6.45) is 1.91. The normalized spacial score (nSPS) is 41.7. The van der Waals surface area contributed by atoms with Crippen molar-refractivity contribution in [2.24, 2.45) is 51.2 Å². The summed E-state index contributed by atoms with van der Waals surface area (Å²) >= 11 is 0. The second-order valence-corrected chi connectivity index (χ2v) is 16.8. The lowest BCUT2D eigenvalue weighted by molar-refractivity contribution is -0.290. The molecule has 0 amide bonds. The van der Waals surface area contributed by atoms with E-state index in [0.29, 0.717) is 42.7 Å². The topological polar surface area (TPSA) is 140 Å². The van der Waals surface area contributed by atoms with Gasteiger partial charge in [-0.25, -0.2) is 4.79 Å². The fourth-order valence-corrected chi connectivity index (χ4v) is 10.8. The van der Waals surface area contributed by atoms with Crippen LogP contribution in [0, 0.1) is 51.2 Å². The lowest BCUT2D eigenvalue weighted by atomic mass is 9.35. The molecule has 0 spiro atoms. The Morgan fingerprint density at radius 1 is 1.04 bits per heavy atom. The zero-order chi connectivity index (χ0) is 34.6. The van der Waals surface area contributed by atoms with Gasteiger partial charge in [-0.2, -0.15) is 0 Å². The maximum Gasteiger partial charge on any atom is 0.331 e. The van der Waals surface area contributed by atoms with Gasteiger partial charge in [-0.05, 0) is 98.9 Å². The lowest BCUT2D eigenvalue weighted by Crippen LogP contribution is -2.72. The van der Waals surface area contributed by atoms with E-state index in [2.05, 4.69) is 34.6 Å². The van der Waals surface area contributed by atoms with E-state index in [1.165, 1.54) is 14.0 Å². The van der Waals surface area contributed by atoms with Crippen molar-refractivity contribution < 1.29 is 43.9 Å². The molecule has 0 aromatic heterocycles. The number of carbonyl (C=O) groups excluding carboxylic acids is 2. The molecule has 3 N–H and O–H groups in total. The number of fused-ring (bicyclic) bond motifs is 5. The van der Waals surface area contributed by atoms with Crippen molar-refractivity contribution in [3.8, 4) is 0 Å². The second-order valence-electron chi connectivity index (χ2n) is 16.8. The van der Waals surface area contributed by atoms with E-state index in [-0.39, 0.29) is 35.7 Å². The predicted octanol–water partition coefficient (Wildman–Crippen LogP) is 5.94. The predicted molar refractivity (Wildman–Crippen MR) is 173 cm³/mol. The van der Waals surface area contributed by atoms with Crippen molar-refractivity contribution in [1.82, 2.24) is 0 Å². The van der Waals surface area contributed by atoms with Crippen LogP contribution in [0.3, 0.4) is 0 Å². The third-order valence-electron chi connectivity index (χ3n) is 13.2. The molecule has 0 aliphatic heterocycles. The van der Waals surface area contributed by atoms with Crippen LogP contribution in [0.15, 0.2) is 11.1 Å². The standard InChI is InChI=1S/C37H60O9/c1-20(2)12-11-13-23(32(41)42)28-24-14-15-27-35(7)17-16-25(39)21(3)29(35)30(46-33(43)34(5,6)19-44-10)31(40)37(27,9)36(24,8)18-26(28)45-22(4)38/h20-21,24-27,29-31,39-40H,11-19H2,1-10H3,(H,41,42)/b28-23-. The number of ether oxygens (including phenoxy) is 3. The fourth-order valence-electron chi connectivity index (χ4n) is 10.8. The third-order valence-corrected chi connectivity index (χ3v) is 13.2. The van der Waals surface area contributed by atoms with Crippen LogP contribution in [-0.4, -0.2) is 71.4 Å². The molecule has 262 valence electrons. The minimum Gasteiger partial charge on any atom is -0.478 e. The molecule has 0 aromatic carbocycles. The molecular weight excluding hydrogens is 588 g/mol. The number of aliphatic hydroxyl groups is 2. The summed E-state index contributed by atoms with van der Waals surface area (Å²) in [6.45, 7) is 17.7. The molecule has 0 aromatic rings. The summed E-state index contributed by atoms with van der Waals surface area (Å²) in [5.41, 5.74) is -1.78. The van der Waals surface area contributed by atoms with Crippen molar-refractivity contribution in [3.05, 3.63) is 11.1 Å². The van der Waals surface area contributed by atoms with Crippen LogP contribution < -0.4 is 0 Å². The first-order valence-electron chi connectivity index (χ1n) is 17.5. The van der Waals surface area contributed by atoms with Crippen LogP contribution in [0.4, 0.5) is 0 Å². The molecule has 11 unspecified atom stereocenters. The summed E-state index contributed by atoms with van der Waals surface area (Å²) in [4.78, 5) is 39.1. The zero-order valence-electron chi connectivity index (χ0n) is 29.9. The van der Waals surface area contributed by atoms with Crippen molar-refractivity contribution >= 4 is 17.9 Å². The van der Waals surface area contributed by atoms with Gasteiger partial charge in [-0.3, -0.25) is 9.59 Å². The first kappa shape index (κ1) is 36.9. The molecule has 0 radical (unpaired) electrons. The van der Waals surface area contributed by atoms with Crippen molar-refractivity contribution in [2.75, 3.05) is 13.7 Å². The molecule has 4 aliphatic carbocycles. The van der Waals surface area contributed by atoms with E-state index in [1.54, 1.807) is 13.8 Å². The van der Waals surface area contributed by atoms with E-state index in [4.69, 9.17) is 14.2 Å². The number of hydrogen-bond acceptors (Lipinski definition) is 8. The molecule has 4 saturated carbocycles. The Kier molecular flexibility index (Phi) is 10.5. The zero-order valence-corrected chi connectivity index (χ0v) is 29.9. The number of methoxy groups -OCH3 is 1. The number of carboxylic acids is 1. The number of hydrogen-bond donors (Lipinski definition) is 3. The Hall–Kier alpha value is -1.97. The Bertz CT molecular complexity index is 1210. The van der Waals surface area contributed by atoms with Crippen molar-refractivity contribution in [3.63, 3.8) is 0 Å². The first-order valence-corrected chi connectivity index (χ1v) is 17.5. The maximum atomic E-state index is 13.7. The van der Waals surface area contributed by atoms with Crippen LogP contribution in [-0.2, 0) is 28.6 Å². The van der Waals surface area contributed by atoms with Crippen LogP contribution in [0.1, 0.15) is 114 Å². The van der Waals surface area contributed by atoms with Gasteiger partial charge >= 0.3 is 17.9 Å². The van der Waals surface area contributed by atoms with E-state index < -0.39 is 58.6 Å². The van der Waals surface area contributed by atoms with Crippen LogP contribution in [0.5, 0.6) is 0 Å². The molecule has 11 atom stereocenters. The van der Waals surface area contributed by atoms with Gasteiger partial charge in [-0.1, -0.05) is 48.0 Å². The monoisotopic (exact) mass is 648 g/mol. The van der Waals surface area contributed by atoms with Gasteiger partial charge in [0, 0.05) is 30.9 Å². The van der Waals surface area contributed by atoms with E-state index in [0.717, 1.165) is 25.7 Å². The van der Waals surface area contributed by atoms with Crippen molar-refractivity contribution in [1.29, 1.82) is 0 Å². The highest BCUT2D eigenvalue weighted by atomic mass is 16.6. The molecule has 4 rings (SSSR count). The summed E-state index contributed by atoms with van der Waals surface area (Å²) in [5, 5.41) is 34.4. The van der Waals surface area contributed by atoms with Crippen molar-refractivity contribution in [2.45, 2.75) is 138 Å². The smallest absolute Gasteiger partial charge is 0.331 e. The summed E-state index contributed by atoms with van der Waals surface area (Å²) in [6, 6.07) is 0. The Labute approximate surface area is 275 Å². The Morgan fingerprint density at radius 2 is 1.70 bits per heavy atom. The summed E-state index contributed by atoms with van der Waals surface area (Å²) in [7, 11) is 1.54. The van der Waals surface area contributed by atoms with Gasteiger partial charge in [-0.15, -0.1) is 0 Å². The van der Waals surface area contributed by atoms with E-state index in [9.17, 15) is 29.7 Å². The van der Waals surface area contributed by atoms with Gasteiger partial charge in [0.05, 0.1) is 24.2 Å². The largest absolute Gasteiger partial charge is 0.478 e. The highest BCUT2D eigenvalue weighted by Gasteiger charge is 2.74. The average molecular weight is 649 g/mol. The number of carbonyl (C=O) groups is 3. The van der Waals surface area contributed by atoms with Crippen LogP contribution >= 0.6 is 0 Å². The van der Waals surface area contributed by atoms with Gasteiger partial charge in [0.25, 0.3) is 0 Å². The number of carboxylic acid groups (broad SMARTS) is 1. The van der Waals surface area contributed by atoms with Gasteiger partial charge in [0.2, 0.25) is 0 Å². The number of esters is 2. The quantitative estimate of drug-likeness (QED) is 0.194. The molecule has 0 bridgehead atoms. The Morgan fingerprint density at radius 3 is 2.26 bits per heavy atom. The van der Waals surface area contributed by atoms with Gasteiger partial charge in [0.1, 0.15) is 12.2 Å². The molecule has 0 saturated heterocycles. The van der Waals surface area contributed by atoms with Gasteiger partial charge in [0.15, 0.2) is 0 Å². The summed E-state index contributed by atoms with van der Waals surface area (Å²) in [5.74, 6) is -2.19. The maximum absolute atomic E-state index is 13.7. The number of aliphatic carboxylic acids is 1. The molecule has 4 fully saturated rings. The van der Waals surface area contributed by atoms with Crippen LogP contribution in [0.2, 0.25) is 0 Å². The molecule has 9 heteroatoms. The third kappa shape index (κ3) is 5.95. The number of rotatable bonds is 10.